The largest absolute Gasteiger partial charge is 0.466 e. The molecule has 15 heavy (non-hydrogen) atoms. The van der Waals surface area contributed by atoms with Crippen LogP contribution in [0.2, 0.25) is 5.02 Å². The molecular weight excluding hydrogens is 214 g/mol. The number of methoxy groups -OCH3 is 1. The Hall–Kier alpha value is -1.48. The summed E-state index contributed by atoms with van der Waals surface area (Å²) in [7, 11) is 1.33. The van der Waals surface area contributed by atoms with Crippen molar-refractivity contribution < 1.29 is 9.53 Å². The van der Waals surface area contributed by atoms with Crippen molar-refractivity contribution in [2.45, 2.75) is 6.92 Å². The lowest BCUT2D eigenvalue weighted by Gasteiger charge is -2.04. The van der Waals surface area contributed by atoms with E-state index in [1.165, 1.54) is 13.2 Å². The molecule has 0 spiro atoms. The number of anilines is 1. The van der Waals surface area contributed by atoms with Gasteiger partial charge in [-0.05, 0) is 36.3 Å². The van der Waals surface area contributed by atoms with Crippen molar-refractivity contribution in [1.82, 2.24) is 0 Å². The molecule has 2 N–H and O–H groups in total. The Morgan fingerprint density at radius 3 is 2.73 bits per heavy atom. The molecule has 0 atom stereocenters. The Kier molecular flexibility index (Phi) is 3.74. The molecule has 0 amide bonds. The predicted molar refractivity (Wildman–Crippen MR) is 61.7 cm³/mol. The minimum Gasteiger partial charge on any atom is -0.466 e. The molecule has 0 aliphatic rings. The summed E-state index contributed by atoms with van der Waals surface area (Å²) in [4.78, 5) is 10.9. The molecule has 80 valence electrons. The third-order valence-corrected chi connectivity index (χ3v) is 2.28. The summed E-state index contributed by atoms with van der Waals surface area (Å²) in [6.45, 7) is 1.86. The van der Waals surface area contributed by atoms with Gasteiger partial charge in [-0.2, -0.15) is 0 Å². The maximum Gasteiger partial charge on any atom is 0.330 e. The van der Waals surface area contributed by atoms with E-state index in [1.807, 2.05) is 13.0 Å². The van der Waals surface area contributed by atoms with Gasteiger partial charge in [-0.25, -0.2) is 4.79 Å². The van der Waals surface area contributed by atoms with Crippen LogP contribution in [-0.2, 0) is 9.53 Å². The molecule has 0 saturated carbocycles. The van der Waals surface area contributed by atoms with E-state index in [-0.39, 0.29) is 0 Å². The van der Waals surface area contributed by atoms with Gasteiger partial charge in [0.1, 0.15) is 0 Å². The van der Waals surface area contributed by atoms with E-state index in [0.717, 1.165) is 11.1 Å². The molecule has 0 aliphatic carbocycles. The molecule has 1 aromatic carbocycles. The van der Waals surface area contributed by atoms with Crippen molar-refractivity contribution in [3.63, 3.8) is 0 Å². The molecule has 0 fully saturated rings. The zero-order valence-corrected chi connectivity index (χ0v) is 9.34. The molecule has 1 rings (SSSR count). The van der Waals surface area contributed by atoms with Crippen molar-refractivity contribution in [3.8, 4) is 0 Å². The minimum atomic E-state index is -0.402. The van der Waals surface area contributed by atoms with Crippen LogP contribution in [-0.4, -0.2) is 13.1 Å². The first-order chi connectivity index (χ1) is 7.04. The normalized spacial score (nSPS) is 10.6. The number of hydrogen-bond donors (Lipinski definition) is 1. The molecule has 0 saturated heterocycles. The van der Waals surface area contributed by atoms with Crippen LogP contribution in [0.15, 0.2) is 18.2 Å². The van der Waals surface area contributed by atoms with Crippen molar-refractivity contribution in [1.29, 1.82) is 0 Å². The average molecular weight is 226 g/mol. The van der Waals surface area contributed by atoms with Crippen LogP contribution in [0.3, 0.4) is 0 Å². The van der Waals surface area contributed by atoms with Gasteiger partial charge >= 0.3 is 5.97 Å². The molecule has 4 heteroatoms. The number of halogens is 1. The molecular formula is C11H12ClNO2. The lowest BCUT2D eigenvalue weighted by atomic mass is 10.1. The highest BCUT2D eigenvalue weighted by molar-refractivity contribution is 6.33. The number of nitrogen functional groups attached to an aromatic ring is 1. The van der Waals surface area contributed by atoms with Gasteiger partial charge in [0.05, 0.1) is 17.8 Å². The van der Waals surface area contributed by atoms with Crippen LogP contribution in [0.5, 0.6) is 0 Å². The number of ether oxygens (including phenoxy) is 1. The minimum absolute atomic E-state index is 0.402. The van der Waals surface area contributed by atoms with Crippen LogP contribution in [0, 0.1) is 6.92 Å². The van der Waals surface area contributed by atoms with Crippen molar-refractivity contribution in [3.05, 3.63) is 34.4 Å². The Bertz CT molecular complexity index is 390. The van der Waals surface area contributed by atoms with Crippen molar-refractivity contribution in [2.24, 2.45) is 0 Å². The summed E-state index contributed by atoms with van der Waals surface area (Å²) in [5, 5.41) is 0.486. The van der Waals surface area contributed by atoms with E-state index in [4.69, 9.17) is 17.3 Å². The molecule has 0 heterocycles. The van der Waals surface area contributed by atoms with Gasteiger partial charge in [0.25, 0.3) is 0 Å². The molecule has 0 aromatic heterocycles. The number of benzene rings is 1. The SMILES string of the molecule is COC(=O)C=Cc1cc(C)c(N)c(Cl)c1. The second-order valence-corrected chi connectivity index (χ2v) is 3.50. The lowest BCUT2D eigenvalue weighted by Crippen LogP contribution is -1.94. The highest BCUT2D eigenvalue weighted by Crippen LogP contribution is 2.24. The fourth-order valence-corrected chi connectivity index (χ4v) is 1.39. The number of esters is 1. The fraction of sp³-hybridized carbons (Fsp3) is 0.182. The maximum absolute atomic E-state index is 10.9. The number of nitrogens with two attached hydrogens (primary N) is 1. The van der Waals surface area contributed by atoms with E-state index in [0.29, 0.717) is 10.7 Å². The molecule has 3 nitrogen and oxygen atoms in total. The molecule has 0 bridgehead atoms. The van der Waals surface area contributed by atoms with Crippen molar-refractivity contribution in [2.75, 3.05) is 12.8 Å². The zero-order chi connectivity index (χ0) is 11.4. The quantitative estimate of drug-likeness (QED) is 0.478. The first-order valence-corrected chi connectivity index (χ1v) is 4.74. The van der Waals surface area contributed by atoms with E-state index < -0.39 is 5.97 Å². The number of rotatable bonds is 2. The first-order valence-electron chi connectivity index (χ1n) is 4.36. The highest BCUT2D eigenvalue weighted by Gasteiger charge is 2.01. The number of carbonyl (C=O) groups excluding carboxylic acids is 1. The van der Waals surface area contributed by atoms with Crippen LogP contribution in [0.25, 0.3) is 6.08 Å². The van der Waals surface area contributed by atoms with Gasteiger partial charge in [-0.1, -0.05) is 11.6 Å². The van der Waals surface area contributed by atoms with Gasteiger partial charge in [0.2, 0.25) is 0 Å². The van der Waals surface area contributed by atoms with E-state index in [9.17, 15) is 4.79 Å². The third-order valence-electron chi connectivity index (χ3n) is 1.97. The Morgan fingerprint density at radius 2 is 2.20 bits per heavy atom. The van der Waals surface area contributed by atoms with Crippen molar-refractivity contribution >= 4 is 29.3 Å². The number of hydrogen-bond acceptors (Lipinski definition) is 3. The predicted octanol–water partition coefficient (Wildman–Crippen LogP) is 2.42. The van der Waals surface area contributed by atoms with Crippen LogP contribution < -0.4 is 5.73 Å². The summed E-state index contributed by atoms with van der Waals surface area (Å²) >= 11 is 5.89. The molecule has 0 unspecified atom stereocenters. The maximum atomic E-state index is 10.9. The van der Waals surface area contributed by atoms with Gasteiger partial charge in [-0.15, -0.1) is 0 Å². The zero-order valence-electron chi connectivity index (χ0n) is 8.58. The second kappa shape index (κ2) is 4.84. The average Bonchev–Trinajstić information content (AvgIpc) is 2.22. The number of aryl methyl sites for hydroxylation is 1. The smallest absolute Gasteiger partial charge is 0.330 e. The third kappa shape index (κ3) is 2.99. The van der Waals surface area contributed by atoms with E-state index in [2.05, 4.69) is 4.74 Å². The fourth-order valence-electron chi connectivity index (χ4n) is 1.11. The van der Waals surface area contributed by atoms with Gasteiger partial charge in [-0.3, -0.25) is 0 Å². The van der Waals surface area contributed by atoms with E-state index >= 15 is 0 Å². The standard InChI is InChI=1S/C11H12ClNO2/c1-7-5-8(3-4-10(14)15-2)6-9(12)11(7)13/h3-6H,13H2,1-2H3. The Labute approximate surface area is 93.5 Å². The highest BCUT2D eigenvalue weighted by atomic mass is 35.5. The Morgan fingerprint density at radius 1 is 1.53 bits per heavy atom. The van der Waals surface area contributed by atoms with Crippen LogP contribution in [0.4, 0.5) is 5.69 Å². The summed E-state index contributed by atoms with van der Waals surface area (Å²) in [5.74, 6) is -0.402. The van der Waals surface area contributed by atoms with E-state index in [1.54, 1.807) is 12.1 Å². The summed E-state index contributed by atoms with van der Waals surface area (Å²) in [6, 6.07) is 3.55. The molecule has 0 aliphatic heterocycles. The number of carbonyl (C=O) groups is 1. The molecule has 0 radical (unpaired) electrons. The van der Waals surface area contributed by atoms with Crippen LogP contribution in [0.1, 0.15) is 11.1 Å². The van der Waals surface area contributed by atoms with Gasteiger partial charge < -0.3 is 10.5 Å². The summed E-state index contributed by atoms with van der Waals surface area (Å²) in [6.07, 6.45) is 2.96. The topological polar surface area (TPSA) is 52.3 Å². The monoisotopic (exact) mass is 225 g/mol. The molecule has 1 aromatic rings. The van der Waals surface area contributed by atoms with Gasteiger partial charge in [0.15, 0.2) is 0 Å². The first kappa shape index (κ1) is 11.6. The Balaban J connectivity index is 2.97. The summed E-state index contributed by atoms with van der Waals surface area (Å²) < 4.78 is 4.47. The summed E-state index contributed by atoms with van der Waals surface area (Å²) in [5.41, 5.74) is 7.95. The van der Waals surface area contributed by atoms with Gasteiger partial charge in [0, 0.05) is 6.08 Å². The lowest BCUT2D eigenvalue weighted by molar-refractivity contribution is -0.134. The second-order valence-electron chi connectivity index (χ2n) is 3.09. The van der Waals surface area contributed by atoms with Crippen LogP contribution >= 0.6 is 11.6 Å².